The zero-order chi connectivity index (χ0) is 16.9. The van der Waals surface area contributed by atoms with Crippen LogP contribution in [0, 0.1) is 6.92 Å². The van der Waals surface area contributed by atoms with E-state index in [4.69, 9.17) is 21.4 Å². The molecule has 7 heteroatoms. The lowest BCUT2D eigenvalue weighted by Gasteiger charge is -2.24. The zero-order valence-electron chi connectivity index (χ0n) is 13.1. The van der Waals surface area contributed by atoms with Gasteiger partial charge in [0.05, 0.1) is 25.9 Å². The summed E-state index contributed by atoms with van der Waals surface area (Å²) in [5, 5.41) is 12.2. The highest BCUT2D eigenvalue weighted by molar-refractivity contribution is 6.31. The van der Waals surface area contributed by atoms with Gasteiger partial charge in [0, 0.05) is 17.1 Å². The number of nitrogens with one attached hydrogen (secondary N) is 1. The number of carboxylic acids is 1. The van der Waals surface area contributed by atoms with E-state index in [0.717, 1.165) is 5.56 Å². The van der Waals surface area contributed by atoms with E-state index in [-0.39, 0.29) is 25.0 Å². The zero-order valence-corrected chi connectivity index (χ0v) is 13.9. The van der Waals surface area contributed by atoms with Crippen LogP contribution in [-0.4, -0.2) is 48.1 Å². The Kier molecular flexibility index (Phi) is 6.64. The summed E-state index contributed by atoms with van der Waals surface area (Å²) in [7, 11) is 1.49. The van der Waals surface area contributed by atoms with Gasteiger partial charge in [0.1, 0.15) is 5.75 Å². The van der Waals surface area contributed by atoms with Crippen molar-refractivity contribution < 1.29 is 19.4 Å². The van der Waals surface area contributed by atoms with Crippen LogP contribution < -0.4 is 10.1 Å². The number of benzene rings is 1. The Hall–Kier alpha value is -1.79. The number of nitrogens with zero attached hydrogens (tertiary/aromatic N) is 1. The van der Waals surface area contributed by atoms with Crippen molar-refractivity contribution in [3.05, 3.63) is 22.7 Å². The molecule has 0 saturated heterocycles. The van der Waals surface area contributed by atoms with E-state index in [0.29, 0.717) is 16.5 Å². The molecule has 0 bridgehead atoms. The van der Waals surface area contributed by atoms with Gasteiger partial charge in [-0.15, -0.1) is 0 Å². The van der Waals surface area contributed by atoms with Gasteiger partial charge in [0.2, 0.25) is 5.91 Å². The predicted molar refractivity (Wildman–Crippen MR) is 85.7 cm³/mol. The molecule has 0 aliphatic heterocycles. The molecule has 0 spiro atoms. The third-order valence-electron chi connectivity index (χ3n) is 3.17. The summed E-state index contributed by atoms with van der Waals surface area (Å²) in [5.74, 6) is -0.824. The van der Waals surface area contributed by atoms with Crippen LogP contribution in [0.2, 0.25) is 5.02 Å². The lowest BCUT2D eigenvalue weighted by Crippen LogP contribution is -2.41. The Balaban J connectivity index is 2.83. The molecule has 22 heavy (non-hydrogen) atoms. The lowest BCUT2D eigenvalue weighted by molar-refractivity contribution is -0.139. The monoisotopic (exact) mass is 328 g/mol. The van der Waals surface area contributed by atoms with Gasteiger partial charge in [-0.1, -0.05) is 11.6 Å². The summed E-state index contributed by atoms with van der Waals surface area (Å²) in [6.45, 7) is 5.28. The van der Waals surface area contributed by atoms with Gasteiger partial charge in [-0.3, -0.25) is 14.5 Å². The quantitative estimate of drug-likeness (QED) is 0.803. The van der Waals surface area contributed by atoms with Crippen LogP contribution in [0.5, 0.6) is 5.75 Å². The van der Waals surface area contributed by atoms with Crippen LogP contribution in [0.1, 0.15) is 19.4 Å². The third-order valence-corrected chi connectivity index (χ3v) is 3.58. The highest BCUT2D eigenvalue weighted by Crippen LogP contribution is 2.30. The van der Waals surface area contributed by atoms with Crippen molar-refractivity contribution in [1.82, 2.24) is 4.90 Å². The Labute approximate surface area is 135 Å². The van der Waals surface area contributed by atoms with Crippen LogP contribution in [0.25, 0.3) is 0 Å². The smallest absolute Gasteiger partial charge is 0.317 e. The number of methoxy groups -OCH3 is 1. The first-order chi connectivity index (χ1) is 10.2. The maximum Gasteiger partial charge on any atom is 0.317 e. The Morgan fingerprint density at radius 1 is 1.36 bits per heavy atom. The number of hydrogen-bond donors (Lipinski definition) is 2. The molecule has 1 amide bonds. The number of carbonyl (C=O) groups is 2. The van der Waals surface area contributed by atoms with Crippen molar-refractivity contribution in [3.8, 4) is 5.75 Å². The van der Waals surface area contributed by atoms with Crippen molar-refractivity contribution in [2.24, 2.45) is 0 Å². The van der Waals surface area contributed by atoms with Gasteiger partial charge in [-0.2, -0.15) is 0 Å². The van der Waals surface area contributed by atoms with Crippen LogP contribution in [0.15, 0.2) is 12.1 Å². The molecule has 1 aromatic carbocycles. The van der Waals surface area contributed by atoms with Crippen molar-refractivity contribution >= 4 is 29.2 Å². The number of aryl methyl sites for hydroxylation is 1. The molecule has 0 aromatic heterocycles. The minimum absolute atomic E-state index is 0.0191. The molecule has 0 saturated carbocycles. The van der Waals surface area contributed by atoms with Gasteiger partial charge in [-0.25, -0.2) is 0 Å². The summed E-state index contributed by atoms with van der Waals surface area (Å²) in [6, 6.07) is 3.29. The van der Waals surface area contributed by atoms with E-state index >= 15 is 0 Å². The molecule has 0 unspecified atom stereocenters. The van der Waals surface area contributed by atoms with Gasteiger partial charge in [0.15, 0.2) is 0 Å². The number of rotatable bonds is 7. The number of halogens is 1. The van der Waals surface area contributed by atoms with E-state index in [9.17, 15) is 9.59 Å². The minimum Gasteiger partial charge on any atom is -0.495 e. The molecule has 0 aliphatic carbocycles. The standard InChI is InChI=1S/C15H21ClN2O4/c1-9(2)18(8-15(20)21)7-14(19)17-12-5-10(3)11(16)6-13(12)22-4/h5-6,9H,7-8H2,1-4H3,(H,17,19)(H,20,21). The second kappa shape index (κ2) is 8.00. The number of amides is 1. The van der Waals surface area contributed by atoms with E-state index in [2.05, 4.69) is 5.32 Å². The molecule has 0 radical (unpaired) electrons. The topological polar surface area (TPSA) is 78.9 Å². The van der Waals surface area contributed by atoms with Gasteiger partial charge >= 0.3 is 5.97 Å². The van der Waals surface area contributed by atoms with Crippen LogP contribution in [0.4, 0.5) is 5.69 Å². The molecule has 1 aromatic rings. The van der Waals surface area contributed by atoms with Crippen molar-refractivity contribution in [3.63, 3.8) is 0 Å². The number of carboxylic acid groups (broad SMARTS) is 1. The molecule has 1 rings (SSSR count). The predicted octanol–water partition coefficient (Wildman–Crippen LogP) is 2.39. The largest absolute Gasteiger partial charge is 0.495 e. The fraction of sp³-hybridized carbons (Fsp3) is 0.467. The van der Waals surface area contributed by atoms with Crippen molar-refractivity contribution in [2.45, 2.75) is 26.8 Å². The highest BCUT2D eigenvalue weighted by atomic mass is 35.5. The molecule has 0 fully saturated rings. The SMILES string of the molecule is COc1cc(Cl)c(C)cc1NC(=O)CN(CC(=O)O)C(C)C. The molecular formula is C15H21ClN2O4. The normalized spacial score (nSPS) is 10.9. The molecular weight excluding hydrogens is 308 g/mol. The van der Waals surface area contributed by atoms with Gasteiger partial charge < -0.3 is 15.2 Å². The number of anilines is 1. The molecule has 6 nitrogen and oxygen atoms in total. The number of aliphatic carboxylic acids is 1. The number of ether oxygens (including phenoxy) is 1. The lowest BCUT2D eigenvalue weighted by atomic mass is 10.2. The molecule has 0 aliphatic rings. The van der Waals surface area contributed by atoms with Crippen molar-refractivity contribution in [1.29, 1.82) is 0 Å². The minimum atomic E-state index is -0.971. The number of carbonyl (C=O) groups excluding carboxylic acids is 1. The molecule has 2 N–H and O–H groups in total. The summed E-state index contributed by atoms with van der Waals surface area (Å²) >= 11 is 6.02. The van der Waals surface area contributed by atoms with Crippen LogP contribution in [-0.2, 0) is 9.59 Å². The third kappa shape index (κ3) is 5.20. The van der Waals surface area contributed by atoms with Gasteiger partial charge in [-0.05, 0) is 32.4 Å². The first-order valence-electron chi connectivity index (χ1n) is 6.84. The molecule has 0 heterocycles. The van der Waals surface area contributed by atoms with Crippen molar-refractivity contribution in [2.75, 3.05) is 25.5 Å². The van der Waals surface area contributed by atoms with E-state index < -0.39 is 5.97 Å². The van der Waals surface area contributed by atoms with E-state index in [1.54, 1.807) is 17.0 Å². The van der Waals surface area contributed by atoms with E-state index in [1.165, 1.54) is 7.11 Å². The van der Waals surface area contributed by atoms with E-state index in [1.807, 2.05) is 20.8 Å². The highest BCUT2D eigenvalue weighted by Gasteiger charge is 2.18. The molecule has 0 atom stereocenters. The molecule has 122 valence electrons. The fourth-order valence-electron chi connectivity index (χ4n) is 1.90. The summed E-state index contributed by atoms with van der Waals surface area (Å²) in [6.07, 6.45) is 0. The fourth-order valence-corrected chi connectivity index (χ4v) is 2.05. The Morgan fingerprint density at radius 2 is 2.00 bits per heavy atom. The second-order valence-corrected chi connectivity index (χ2v) is 5.65. The number of hydrogen-bond acceptors (Lipinski definition) is 4. The first kappa shape index (κ1) is 18.3. The summed E-state index contributed by atoms with van der Waals surface area (Å²) < 4.78 is 5.19. The summed E-state index contributed by atoms with van der Waals surface area (Å²) in [5.41, 5.74) is 1.32. The maximum absolute atomic E-state index is 12.1. The van der Waals surface area contributed by atoms with Crippen LogP contribution in [0.3, 0.4) is 0 Å². The maximum atomic E-state index is 12.1. The average Bonchev–Trinajstić information content (AvgIpc) is 2.41. The Bertz CT molecular complexity index is 561. The Morgan fingerprint density at radius 3 is 2.50 bits per heavy atom. The second-order valence-electron chi connectivity index (χ2n) is 5.24. The van der Waals surface area contributed by atoms with Crippen LogP contribution >= 0.6 is 11.6 Å². The first-order valence-corrected chi connectivity index (χ1v) is 7.22. The average molecular weight is 329 g/mol. The van der Waals surface area contributed by atoms with Gasteiger partial charge in [0.25, 0.3) is 0 Å². The summed E-state index contributed by atoms with van der Waals surface area (Å²) in [4.78, 5) is 24.5.